The van der Waals surface area contributed by atoms with Gasteiger partial charge in [0, 0.05) is 43.5 Å². The number of nitrogens with one attached hydrogen (secondary N) is 1. The number of likely N-dealkylation sites (tertiary alicyclic amines) is 2. The zero-order valence-corrected chi connectivity index (χ0v) is 23.7. The maximum absolute atomic E-state index is 6.11. The summed E-state index contributed by atoms with van der Waals surface area (Å²) in [6, 6.07) is 9.10. The van der Waals surface area contributed by atoms with E-state index in [0.717, 1.165) is 68.4 Å². The van der Waals surface area contributed by atoms with Crippen LogP contribution in [0.15, 0.2) is 30.6 Å². The van der Waals surface area contributed by atoms with Crippen LogP contribution in [0.2, 0.25) is 0 Å². The van der Waals surface area contributed by atoms with E-state index in [1.807, 2.05) is 0 Å². The van der Waals surface area contributed by atoms with Gasteiger partial charge in [0.25, 0.3) is 0 Å². The lowest BCUT2D eigenvalue weighted by atomic mass is 9.94. The van der Waals surface area contributed by atoms with Crippen molar-refractivity contribution in [1.82, 2.24) is 19.8 Å². The van der Waals surface area contributed by atoms with E-state index < -0.39 is 0 Å². The summed E-state index contributed by atoms with van der Waals surface area (Å²) in [5.74, 6) is 1.99. The molecule has 38 heavy (non-hydrogen) atoms. The van der Waals surface area contributed by atoms with Crippen LogP contribution in [0.1, 0.15) is 62.0 Å². The predicted molar refractivity (Wildman–Crippen MR) is 154 cm³/mol. The molecule has 1 N–H and O–H groups in total. The maximum atomic E-state index is 6.11. The van der Waals surface area contributed by atoms with Gasteiger partial charge in [-0.25, -0.2) is 9.97 Å². The second-order valence-corrected chi connectivity index (χ2v) is 12.8. The molecule has 0 atom stereocenters. The topological polar surface area (TPSA) is 62.8 Å². The number of piperidine rings is 2. The average Bonchev–Trinajstić information content (AvgIpc) is 3.28. The van der Waals surface area contributed by atoms with Crippen LogP contribution in [0.25, 0.3) is 10.2 Å². The summed E-state index contributed by atoms with van der Waals surface area (Å²) >= 11 is 1.75. The zero-order valence-electron chi connectivity index (χ0n) is 22.9. The second kappa shape index (κ2) is 11.5. The van der Waals surface area contributed by atoms with E-state index in [2.05, 4.69) is 58.2 Å². The van der Waals surface area contributed by atoms with E-state index in [1.54, 1.807) is 17.7 Å². The fourth-order valence-corrected chi connectivity index (χ4v) is 7.15. The van der Waals surface area contributed by atoms with Gasteiger partial charge in [0.2, 0.25) is 0 Å². The number of benzene rings is 1. The Morgan fingerprint density at radius 2 is 1.92 bits per heavy atom. The molecule has 0 bridgehead atoms. The Labute approximate surface area is 230 Å². The van der Waals surface area contributed by atoms with Crippen molar-refractivity contribution in [2.45, 2.75) is 77.2 Å². The standard InChI is InChI=1S/C30H41N5O2S/c1-30(2)18-25-26(20-37-30)38-29-27(25)28(31-21-32-29)33-23-9-13-35(14-10-23)19-22-7-6-8-24(17-22)36-16-15-34-11-4-3-5-12-34/h6-8,17,21,23H,3-5,9-16,18-20H2,1-2H3,(H,31,32,33). The van der Waals surface area contributed by atoms with Crippen molar-refractivity contribution in [3.8, 4) is 5.75 Å². The Hall–Kier alpha value is -2.26. The second-order valence-electron chi connectivity index (χ2n) is 11.7. The third-order valence-corrected chi connectivity index (χ3v) is 9.34. The molecular weight excluding hydrogens is 494 g/mol. The molecule has 3 aliphatic rings. The molecule has 1 aromatic carbocycles. The first-order chi connectivity index (χ1) is 18.5. The van der Waals surface area contributed by atoms with Crippen LogP contribution >= 0.6 is 11.3 Å². The Morgan fingerprint density at radius 1 is 1.08 bits per heavy atom. The van der Waals surface area contributed by atoms with E-state index in [9.17, 15) is 0 Å². The summed E-state index contributed by atoms with van der Waals surface area (Å²) in [6.07, 6.45) is 8.86. The SMILES string of the molecule is CC1(C)Cc2c(sc3ncnc(NC4CCN(Cc5cccc(OCCN6CCCCC6)c5)CC4)c23)CO1. The molecule has 0 amide bonds. The van der Waals surface area contributed by atoms with Gasteiger partial charge < -0.3 is 14.8 Å². The van der Waals surface area contributed by atoms with Crippen LogP contribution in [-0.4, -0.2) is 70.7 Å². The number of ether oxygens (including phenoxy) is 2. The third kappa shape index (κ3) is 6.14. The summed E-state index contributed by atoms with van der Waals surface area (Å²) < 4.78 is 12.2. The molecule has 0 unspecified atom stereocenters. The average molecular weight is 536 g/mol. The molecule has 204 valence electrons. The van der Waals surface area contributed by atoms with Crippen molar-refractivity contribution in [3.05, 3.63) is 46.6 Å². The van der Waals surface area contributed by atoms with Crippen LogP contribution in [0, 0.1) is 0 Å². The van der Waals surface area contributed by atoms with Gasteiger partial charge in [0.15, 0.2) is 0 Å². The molecule has 0 radical (unpaired) electrons. The zero-order chi connectivity index (χ0) is 26.0. The fraction of sp³-hybridized carbons (Fsp3) is 0.600. The molecule has 6 rings (SSSR count). The lowest BCUT2D eigenvalue weighted by Gasteiger charge is -2.33. The molecule has 7 nitrogen and oxygen atoms in total. The van der Waals surface area contributed by atoms with Crippen LogP contribution in [0.4, 0.5) is 5.82 Å². The van der Waals surface area contributed by atoms with Gasteiger partial charge in [0.05, 0.1) is 17.6 Å². The first-order valence-corrected chi connectivity index (χ1v) is 15.2. The molecule has 3 aromatic rings. The molecule has 3 aliphatic heterocycles. The Morgan fingerprint density at radius 3 is 2.76 bits per heavy atom. The smallest absolute Gasteiger partial charge is 0.138 e. The number of rotatable bonds is 8. The number of anilines is 1. The summed E-state index contributed by atoms with van der Waals surface area (Å²) in [5, 5.41) is 5.01. The van der Waals surface area contributed by atoms with Gasteiger partial charge in [-0.15, -0.1) is 11.3 Å². The predicted octanol–water partition coefficient (Wildman–Crippen LogP) is 5.48. The number of nitrogens with zero attached hydrogens (tertiary/aromatic N) is 4. The van der Waals surface area contributed by atoms with E-state index in [4.69, 9.17) is 14.5 Å². The summed E-state index contributed by atoms with van der Waals surface area (Å²) in [7, 11) is 0. The van der Waals surface area contributed by atoms with Crippen LogP contribution in [-0.2, 0) is 24.3 Å². The van der Waals surface area contributed by atoms with Crippen molar-refractivity contribution < 1.29 is 9.47 Å². The molecular formula is C30H41N5O2S. The van der Waals surface area contributed by atoms with Crippen molar-refractivity contribution in [1.29, 1.82) is 0 Å². The first-order valence-electron chi connectivity index (χ1n) is 14.3. The lowest BCUT2D eigenvalue weighted by molar-refractivity contribution is -0.0379. The van der Waals surface area contributed by atoms with E-state index in [0.29, 0.717) is 12.6 Å². The molecule has 0 aliphatic carbocycles. The number of fused-ring (bicyclic) bond motifs is 3. The van der Waals surface area contributed by atoms with Crippen molar-refractivity contribution in [3.63, 3.8) is 0 Å². The summed E-state index contributed by atoms with van der Waals surface area (Å²) in [6.45, 7) is 12.4. The van der Waals surface area contributed by atoms with E-state index in [1.165, 1.54) is 53.7 Å². The van der Waals surface area contributed by atoms with Gasteiger partial charge in [-0.3, -0.25) is 9.80 Å². The fourth-order valence-electron chi connectivity index (χ4n) is 6.08. The minimum atomic E-state index is -0.144. The number of hydrogen-bond donors (Lipinski definition) is 1. The van der Waals surface area contributed by atoms with Crippen molar-refractivity contribution in [2.75, 3.05) is 44.6 Å². The van der Waals surface area contributed by atoms with Crippen LogP contribution in [0.5, 0.6) is 5.75 Å². The lowest BCUT2D eigenvalue weighted by Crippen LogP contribution is -2.38. The van der Waals surface area contributed by atoms with Gasteiger partial charge >= 0.3 is 0 Å². The van der Waals surface area contributed by atoms with Crippen LogP contribution in [0.3, 0.4) is 0 Å². The minimum absolute atomic E-state index is 0.144. The largest absolute Gasteiger partial charge is 0.492 e. The normalized spacial score (nSPS) is 20.9. The molecule has 5 heterocycles. The molecule has 2 aromatic heterocycles. The van der Waals surface area contributed by atoms with Crippen LogP contribution < -0.4 is 10.1 Å². The Balaban J connectivity index is 1.02. The highest BCUT2D eigenvalue weighted by Crippen LogP contribution is 2.40. The quantitative estimate of drug-likeness (QED) is 0.410. The first kappa shape index (κ1) is 26.0. The number of aromatic nitrogens is 2. The molecule has 2 fully saturated rings. The van der Waals surface area contributed by atoms with Gasteiger partial charge in [-0.1, -0.05) is 18.6 Å². The highest BCUT2D eigenvalue weighted by molar-refractivity contribution is 7.18. The van der Waals surface area contributed by atoms with E-state index in [-0.39, 0.29) is 5.60 Å². The molecule has 8 heteroatoms. The number of thiophene rings is 1. The van der Waals surface area contributed by atoms with Crippen molar-refractivity contribution >= 4 is 27.4 Å². The summed E-state index contributed by atoms with van der Waals surface area (Å²) in [4.78, 5) is 16.7. The van der Waals surface area contributed by atoms with Crippen molar-refractivity contribution in [2.24, 2.45) is 0 Å². The van der Waals surface area contributed by atoms with Gasteiger partial charge in [-0.05, 0) is 75.9 Å². The van der Waals surface area contributed by atoms with E-state index >= 15 is 0 Å². The molecule has 0 saturated carbocycles. The molecule has 0 spiro atoms. The number of hydrogen-bond acceptors (Lipinski definition) is 8. The molecule has 2 saturated heterocycles. The van der Waals surface area contributed by atoms with Gasteiger partial charge in [-0.2, -0.15) is 0 Å². The highest BCUT2D eigenvalue weighted by Gasteiger charge is 2.31. The Bertz CT molecular complexity index is 1230. The maximum Gasteiger partial charge on any atom is 0.138 e. The summed E-state index contributed by atoms with van der Waals surface area (Å²) in [5.41, 5.74) is 2.56. The Kier molecular flexibility index (Phi) is 7.84. The van der Waals surface area contributed by atoms with Gasteiger partial charge in [0.1, 0.15) is 29.3 Å². The third-order valence-electron chi connectivity index (χ3n) is 8.23. The monoisotopic (exact) mass is 535 g/mol. The minimum Gasteiger partial charge on any atom is -0.492 e. The highest BCUT2D eigenvalue weighted by atomic mass is 32.1.